The van der Waals surface area contributed by atoms with E-state index in [1.165, 1.54) is 0 Å². The fraction of sp³-hybridized carbons (Fsp3) is 0.700. The monoisotopic (exact) mass is 223 g/mol. The number of rotatable bonds is 3. The Kier molecular flexibility index (Phi) is 3.51. The SMILES string of the molecule is Cn1cnnc1CNC(=O)C1CCNCC1. The molecule has 0 radical (unpaired) electrons. The summed E-state index contributed by atoms with van der Waals surface area (Å²) in [7, 11) is 1.87. The molecule has 0 spiro atoms. The number of piperidine rings is 1. The first kappa shape index (κ1) is 11.1. The molecule has 6 nitrogen and oxygen atoms in total. The van der Waals surface area contributed by atoms with Crippen molar-refractivity contribution in [3.63, 3.8) is 0 Å². The molecule has 16 heavy (non-hydrogen) atoms. The van der Waals surface area contributed by atoms with Gasteiger partial charge in [0.05, 0.1) is 6.54 Å². The maximum atomic E-state index is 11.8. The molecule has 1 amide bonds. The number of hydrogen-bond donors (Lipinski definition) is 2. The Morgan fingerprint density at radius 2 is 2.38 bits per heavy atom. The smallest absolute Gasteiger partial charge is 0.223 e. The minimum absolute atomic E-state index is 0.129. The highest BCUT2D eigenvalue weighted by Gasteiger charge is 2.20. The minimum atomic E-state index is 0.129. The van der Waals surface area contributed by atoms with Gasteiger partial charge >= 0.3 is 0 Å². The zero-order valence-corrected chi connectivity index (χ0v) is 9.44. The molecule has 6 heteroatoms. The maximum absolute atomic E-state index is 11.8. The quantitative estimate of drug-likeness (QED) is 0.720. The van der Waals surface area contributed by atoms with Crippen molar-refractivity contribution in [2.24, 2.45) is 13.0 Å². The molecule has 88 valence electrons. The van der Waals surface area contributed by atoms with Crippen molar-refractivity contribution in [3.05, 3.63) is 12.2 Å². The highest BCUT2D eigenvalue weighted by molar-refractivity contribution is 5.78. The number of aryl methyl sites for hydroxylation is 1. The van der Waals surface area contributed by atoms with Gasteiger partial charge in [-0.2, -0.15) is 0 Å². The Bertz CT molecular complexity index is 356. The van der Waals surface area contributed by atoms with E-state index < -0.39 is 0 Å². The largest absolute Gasteiger partial charge is 0.349 e. The standard InChI is InChI=1S/C10H17N5O/c1-15-7-13-14-9(15)6-12-10(16)8-2-4-11-5-3-8/h7-8,11H,2-6H2,1H3,(H,12,16). The number of amides is 1. The van der Waals surface area contributed by atoms with E-state index in [1.807, 2.05) is 11.6 Å². The van der Waals surface area contributed by atoms with Crippen molar-refractivity contribution in [1.82, 2.24) is 25.4 Å². The summed E-state index contributed by atoms with van der Waals surface area (Å²) in [4.78, 5) is 11.8. The normalized spacial score (nSPS) is 17.3. The van der Waals surface area contributed by atoms with Gasteiger partial charge in [0.2, 0.25) is 5.91 Å². The molecule has 1 fully saturated rings. The number of hydrogen-bond acceptors (Lipinski definition) is 4. The fourth-order valence-corrected chi connectivity index (χ4v) is 1.86. The lowest BCUT2D eigenvalue weighted by molar-refractivity contribution is -0.125. The summed E-state index contributed by atoms with van der Waals surface area (Å²) in [5.74, 6) is 1.06. The summed E-state index contributed by atoms with van der Waals surface area (Å²) in [5, 5.41) is 13.8. The Balaban J connectivity index is 1.81. The first-order valence-corrected chi connectivity index (χ1v) is 5.58. The Morgan fingerprint density at radius 1 is 1.62 bits per heavy atom. The van der Waals surface area contributed by atoms with Gasteiger partial charge in [0.25, 0.3) is 0 Å². The first-order chi connectivity index (χ1) is 7.77. The first-order valence-electron chi connectivity index (χ1n) is 5.58. The lowest BCUT2D eigenvalue weighted by Gasteiger charge is -2.21. The highest BCUT2D eigenvalue weighted by Crippen LogP contribution is 2.11. The van der Waals surface area contributed by atoms with Crippen molar-refractivity contribution < 1.29 is 4.79 Å². The van der Waals surface area contributed by atoms with Gasteiger partial charge in [-0.25, -0.2) is 0 Å². The van der Waals surface area contributed by atoms with Crippen LogP contribution >= 0.6 is 0 Å². The molecule has 0 saturated carbocycles. The van der Waals surface area contributed by atoms with E-state index in [9.17, 15) is 4.79 Å². The molecular formula is C10H17N5O. The third-order valence-corrected chi connectivity index (χ3v) is 2.94. The predicted molar refractivity (Wildman–Crippen MR) is 58.4 cm³/mol. The van der Waals surface area contributed by atoms with E-state index >= 15 is 0 Å². The van der Waals surface area contributed by atoms with Crippen LogP contribution in [0.2, 0.25) is 0 Å². The van der Waals surface area contributed by atoms with E-state index in [0.29, 0.717) is 6.54 Å². The summed E-state index contributed by atoms with van der Waals surface area (Å²) in [6.07, 6.45) is 3.47. The second-order valence-electron chi connectivity index (χ2n) is 4.10. The van der Waals surface area contributed by atoms with Crippen LogP contribution in [0.25, 0.3) is 0 Å². The molecule has 1 aliphatic rings. The maximum Gasteiger partial charge on any atom is 0.223 e. The fourth-order valence-electron chi connectivity index (χ4n) is 1.86. The third-order valence-electron chi connectivity index (χ3n) is 2.94. The van der Waals surface area contributed by atoms with E-state index in [4.69, 9.17) is 0 Å². The van der Waals surface area contributed by atoms with Crippen LogP contribution in [0.15, 0.2) is 6.33 Å². The van der Waals surface area contributed by atoms with Crippen molar-refractivity contribution in [1.29, 1.82) is 0 Å². The zero-order valence-electron chi connectivity index (χ0n) is 9.44. The molecule has 0 aliphatic carbocycles. The van der Waals surface area contributed by atoms with Crippen LogP contribution in [-0.2, 0) is 18.4 Å². The molecule has 1 aromatic rings. The van der Waals surface area contributed by atoms with Gasteiger partial charge in [0.15, 0.2) is 5.82 Å². The Morgan fingerprint density at radius 3 is 3.00 bits per heavy atom. The molecule has 2 rings (SSSR count). The van der Waals surface area contributed by atoms with Gasteiger partial charge in [-0.05, 0) is 25.9 Å². The van der Waals surface area contributed by atoms with Crippen molar-refractivity contribution >= 4 is 5.91 Å². The van der Waals surface area contributed by atoms with E-state index in [-0.39, 0.29) is 11.8 Å². The number of nitrogens with zero attached hydrogens (tertiary/aromatic N) is 3. The Hall–Kier alpha value is -1.43. The predicted octanol–water partition coefficient (Wildman–Crippen LogP) is -0.569. The van der Waals surface area contributed by atoms with Crippen molar-refractivity contribution in [2.75, 3.05) is 13.1 Å². The van der Waals surface area contributed by atoms with Gasteiger partial charge in [-0.15, -0.1) is 10.2 Å². The number of carbonyl (C=O) groups excluding carboxylic acids is 1. The number of aromatic nitrogens is 3. The van der Waals surface area contributed by atoms with E-state index in [2.05, 4.69) is 20.8 Å². The molecule has 1 aliphatic heterocycles. The summed E-state index contributed by atoms with van der Waals surface area (Å²) < 4.78 is 1.81. The van der Waals surface area contributed by atoms with Crippen LogP contribution in [-0.4, -0.2) is 33.8 Å². The third kappa shape index (κ3) is 2.57. The second kappa shape index (κ2) is 5.07. The lowest BCUT2D eigenvalue weighted by atomic mass is 9.97. The van der Waals surface area contributed by atoms with Crippen LogP contribution < -0.4 is 10.6 Å². The van der Waals surface area contributed by atoms with Crippen molar-refractivity contribution in [3.8, 4) is 0 Å². The van der Waals surface area contributed by atoms with Crippen LogP contribution in [0.3, 0.4) is 0 Å². The van der Waals surface area contributed by atoms with E-state index in [0.717, 1.165) is 31.8 Å². The summed E-state index contributed by atoms with van der Waals surface area (Å²) >= 11 is 0. The molecule has 1 saturated heterocycles. The molecule has 1 aromatic heterocycles. The molecule has 2 heterocycles. The summed E-state index contributed by atoms with van der Waals surface area (Å²) in [6.45, 7) is 2.32. The summed E-state index contributed by atoms with van der Waals surface area (Å²) in [6, 6.07) is 0. The second-order valence-corrected chi connectivity index (χ2v) is 4.10. The van der Waals surface area contributed by atoms with Gasteiger partial charge < -0.3 is 15.2 Å². The molecule has 0 bridgehead atoms. The lowest BCUT2D eigenvalue weighted by Crippen LogP contribution is -2.38. The molecule has 0 atom stereocenters. The summed E-state index contributed by atoms with van der Waals surface area (Å²) in [5.41, 5.74) is 0. The minimum Gasteiger partial charge on any atom is -0.349 e. The zero-order chi connectivity index (χ0) is 11.4. The average molecular weight is 223 g/mol. The van der Waals surface area contributed by atoms with Crippen LogP contribution in [0.1, 0.15) is 18.7 Å². The van der Waals surface area contributed by atoms with E-state index in [1.54, 1.807) is 6.33 Å². The van der Waals surface area contributed by atoms with Gasteiger partial charge in [0, 0.05) is 13.0 Å². The number of carbonyl (C=O) groups is 1. The molecule has 0 unspecified atom stereocenters. The highest BCUT2D eigenvalue weighted by atomic mass is 16.1. The Labute approximate surface area is 94.4 Å². The van der Waals surface area contributed by atoms with Gasteiger partial charge in [0.1, 0.15) is 6.33 Å². The molecular weight excluding hydrogens is 206 g/mol. The van der Waals surface area contributed by atoms with Crippen LogP contribution in [0, 0.1) is 5.92 Å². The van der Waals surface area contributed by atoms with Crippen LogP contribution in [0.5, 0.6) is 0 Å². The van der Waals surface area contributed by atoms with Gasteiger partial charge in [-0.3, -0.25) is 4.79 Å². The topological polar surface area (TPSA) is 71.8 Å². The number of nitrogens with one attached hydrogen (secondary N) is 2. The molecule has 2 N–H and O–H groups in total. The molecule has 0 aromatic carbocycles. The van der Waals surface area contributed by atoms with Crippen LogP contribution in [0.4, 0.5) is 0 Å². The van der Waals surface area contributed by atoms with Crippen molar-refractivity contribution in [2.45, 2.75) is 19.4 Å². The average Bonchev–Trinajstić information content (AvgIpc) is 2.73. The van der Waals surface area contributed by atoms with Gasteiger partial charge in [-0.1, -0.05) is 0 Å².